The van der Waals surface area contributed by atoms with Gasteiger partial charge in [0.1, 0.15) is 0 Å². The molecule has 0 atom stereocenters. The quantitative estimate of drug-likeness (QED) is 0.354. The average Bonchev–Trinajstić information content (AvgIpc) is 3.13. The van der Waals surface area contributed by atoms with E-state index < -0.39 is 0 Å². The van der Waals surface area contributed by atoms with Crippen molar-refractivity contribution in [2.24, 2.45) is 0 Å². The standard InChI is InChI=1S/C29H28N2O5S/c1-4-35-25-15-22(13-14-24(25)36-18-27(32)30-23-8-6-5-7-20(23)3)16-26-28(33)31(29(34)37-26)17-21-11-9-19(2)10-12-21/h5-16H,4,17-18H2,1-3H3,(H,30,32)/b26-16-. The van der Waals surface area contributed by atoms with Crippen LogP contribution in [0, 0.1) is 13.8 Å². The summed E-state index contributed by atoms with van der Waals surface area (Å²) >= 11 is 0.912. The van der Waals surface area contributed by atoms with Crippen LogP contribution in [-0.2, 0) is 16.1 Å². The Hall–Kier alpha value is -4.04. The lowest BCUT2D eigenvalue weighted by molar-refractivity contribution is -0.123. The van der Waals surface area contributed by atoms with E-state index in [1.54, 1.807) is 24.3 Å². The molecule has 0 saturated carbocycles. The molecule has 3 aromatic rings. The Bertz CT molecular complexity index is 1350. The van der Waals surface area contributed by atoms with Crippen LogP contribution in [0.3, 0.4) is 0 Å². The van der Waals surface area contributed by atoms with Gasteiger partial charge in [-0.3, -0.25) is 19.3 Å². The smallest absolute Gasteiger partial charge is 0.293 e. The first-order chi connectivity index (χ1) is 17.8. The van der Waals surface area contributed by atoms with Crippen LogP contribution in [0.4, 0.5) is 10.5 Å². The maximum atomic E-state index is 12.9. The molecular formula is C29H28N2O5S. The average molecular weight is 517 g/mol. The van der Waals surface area contributed by atoms with Crippen LogP contribution in [0.15, 0.2) is 71.6 Å². The molecule has 4 rings (SSSR count). The predicted molar refractivity (Wildman–Crippen MR) is 146 cm³/mol. The SMILES string of the molecule is CCOc1cc(/C=C2\SC(=O)N(Cc3ccc(C)cc3)C2=O)ccc1OCC(=O)Nc1ccccc1C. The molecule has 3 amide bonds. The van der Waals surface area contributed by atoms with Crippen molar-refractivity contribution in [2.45, 2.75) is 27.3 Å². The van der Waals surface area contributed by atoms with Gasteiger partial charge in [0.15, 0.2) is 18.1 Å². The molecule has 3 aromatic carbocycles. The molecule has 0 bridgehead atoms. The van der Waals surface area contributed by atoms with Gasteiger partial charge in [-0.15, -0.1) is 0 Å². The Morgan fingerprint density at radius 2 is 1.73 bits per heavy atom. The molecule has 0 spiro atoms. The van der Waals surface area contributed by atoms with Crippen LogP contribution in [-0.4, -0.2) is 35.2 Å². The van der Waals surface area contributed by atoms with Gasteiger partial charge in [-0.1, -0.05) is 54.1 Å². The third-order valence-electron chi connectivity index (χ3n) is 5.68. The number of amides is 3. The zero-order valence-electron chi connectivity index (χ0n) is 20.9. The van der Waals surface area contributed by atoms with Crippen molar-refractivity contribution in [1.82, 2.24) is 4.90 Å². The molecule has 7 nitrogen and oxygen atoms in total. The minimum Gasteiger partial charge on any atom is -0.490 e. The van der Waals surface area contributed by atoms with Crippen LogP contribution in [0.25, 0.3) is 6.08 Å². The summed E-state index contributed by atoms with van der Waals surface area (Å²) in [6, 6.07) is 20.4. The van der Waals surface area contributed by atoms with E-state index in [1.165, 1.54) is 4.90 Å². The fraction of sp³-hybridized carbons (Fsp3) is 0.207. The van der Waals surface area contributed by atoms with Gasteiger partial charge in [-0.05, 0) is 73.5 Å². The Labute approximate surface area is 220 Å². The molecule has 37 heavy (non-hydrogen) atoms. The fourth-order valence-electron chi connectivity index (χ4n) is 3.71. The number of aryl methyl sites for hydroxylation is 2. The van der Waals surface area contributed by atoms with Gasteiger partial charge in [0.2, 0.25) is 0 Å². The number of hydrogen-bond acceptors (Lipinski definition) is 6. The van der Waals surface area contributed by atoms with E-state index >= 15 is 0 Å². The van der Waals surface area contributed by atoms with Crippen molar-refractivity contribution in [3.8, 4) is 11.5 Å². The van der Waals surface area contributed by atoms with Crippen LogP contribution in [0.2, 0.25) is 0 Å². The number of nitrogens with one attached hydrogen (secondary N) is 1. The van der Waals surface area contributed by atoms with Gasteiger partial charge >= 0.3 is 0 Å². The number of hydrogen-bond donors (Lipinski definition) is 1. The zero-order chi connectivity index (χ0) is 26.4. The molecule has 8 heteroatoms. The van der Waals surface area contributed by atoms with Crippen molar-refractivity contribution >= 4 is 40.6 Å². The van der Waals surface area contributed by atoms with E-state index in [2.05, 4.69) is 5.32 Å². The van der Waals surface area contributed by atoms with Gasteiger partial charge in [0.05, 0.1) is 18.1 Å². The summed E-state index contributed by atoms with van der Waals surface area (Å²) in [6.45, 7) is 6.18. The van der Waals surface area contributed by atoms with Gasteiger partial charge in [0, 0.05) is 5.69 Å². The molecular weight excluding hydrogens is 488 g/mol. The Morgan fingerprint density at radius 1 is 0.973 bits per heavy atom. The molecule has 1 aliphatic rings. The first kappa shape index (κ1) is 26.0. The molecule has 1 aliphatic heterocycles. The molecule has 1 saturated heterocycles. The van der Waals surface area contributed by atoms with Crippen LogP contribution in [0.5, 0.6) is 11.5 Å². The highest BCUT2D eigenvalue weighted by Crippen LogP contribution is 2.35. The largest absolute Gasteiger partial charge is 0.490 e. The van der Waals surface area contributed by atoms with E-state index in [9.17, 15) is 14.4 Å². The maximum absolute atomic E-state index is 12.9. The second-order valence-electron chi connectivity index (χ2n) is 8.54. The van der Waals surface area contributed by atoms with Crippen LogP contribution < -0.4 is 14.8 Å². The molecule has 1 heterocycles. The van der Waals surface area contributed by atoms with Gasteiger partial charge in [-0.25, -0.2) is 0 Å². The molecule has 0 radical (unpaired) electrons. The highest BCUT2D eigenvalue weighted by molar-refractivity contribution is 8.18. The van der Waals surface area contributed by atoms with E-state index in [0.717, 1.165) is 34.1 Å². The fourth-order valence-corrected chi connectivity index (χ4v) is 4.55. The first-order valence-electron chi connectivity index (χ1n) is 11.9. The van der Waals surface area contributed by atoms with E-state index in [4.69, 9.17) is 9.47 Å². The van der Waals surface area contributed by atoms with E-state index in [-0.39, 0.29) is 30.2 Å². The first-order valence-corrected chi connectivity index (χ1v) is 12.7. The number of ether oxygens (including phenoxy) is 2. The third kappa shape index (κ3) is 6.59. The summed E-state index contributed by atoms with van der Waals surface area (Å²) in [7, 11) is 0. The highest BCUT2D eigenvalue weighted by Gasteiger charge is 2.35. The number of carbonyl (C=O) groups excluding carboxylic acids is 3. The number of thioether (sulfide) groups is 1. The summed E-state index contributed by atoms with van der Waals surface area (Å²) in [6.07, 6.45) is 1.66. The summed E-state index contributed by atoms with van der Waals surface area (Å²) in [5.41, 5.74) is 4.37. The van der Waals surface area contributed by atoms with Gasteiger partial charge in [0.25, 0.3) is 17.1 Å². The molecule has 1 N–H and O–H groups in total. The summed E-state index contributed by atoms with van der Waals surface area (Å²) in [4.78, 5) is 39.4. The lowest BCUT2D eigenvalue weighted by atomic mass is 10.1. The number of nitrogens with zero attached hydrogens (tertiary/aromatic N) is 1. The zero-order valence-corrected chi connectivity index (χ0v) is 21.8. The number of carbonyl (C=O) groups is 3. The van der Waals surface area contributed by atoms with Crippen molar-refractivity contribution in [2.75, 3.05) is 18.5 Å². The summed E-state index contributed by atoms with van der Waals surface area (Å²) in [5.74, 6) is 0.232. The number of rotatable bonds is 9. The van der Waals surface area contributed by atoms with Crippen molar-refractivity contribution in [1.29, 1.82) is 0 Å². The molecule has 190 valence electrons. The number of benzene rings is 3. The number of para-hydroxylation sites is 1. The Morgan fingerprint density at radius 3 is 2.46 bits per heavy atom. The van der Waals surface area contributed by atoms with Crippen LogP contribution in [0.1, 0.15) is 29.2 Å². The van der Waals surface area contributed by atoms with Crippen molar-refractivity contribution < 1.29 is 23.9 Å². The van der Waals surface area contributed by atoms with Gasteiger partial charge in [-0.2, -0.15) is 0 Å². The molecule has 0 unspecified atom stereocenters. The maximum Gasteiger partial charge on any atom is 0.293 e. The number of imide groups is 1. The van der Waals surface area contributed by atoms with Crippen molar-refractivity contribution in [3.63, 3.8) is 0 Å². The summed E-state index contributed by atoms with van der Waals surface area (Å²) < 4.78 is 11.4. The second-order valence-corrected chi connectivity index (χ2v) is 9.54. The monoisotopic (exact) mass is 516 g/mol. The lowest BCUT2D eigenvalue weighted by Gasteiger charge is -2.13. The third-order valence-corrected chi connectivity index (χ3v) is 6.59. The Balaban J connectivity index is 1.44. The Kier molecular flexibility index (Phi) is 8.30. The second kappa shape index (κ2) is 11.8. The highest BCUT2D eigenvalue weighted by atomic mass is 32.2. The summed E-state index contributed by atoms with van der Waals surface area (Å²) in [5, 5.41) is 2.53. The predicted octanol–water partition coefficient (Wildman–Crippen LogP) is 5.96. The van der Waals surface area contributed by atoms with Crippen LogP contribution >= 0.6 is 11.8 Å². The normalized spacial score (nSPS) is 14.2. The van der Waals surface area contributed by atoms with Crippen molar-refractivity contribution in [3.05, 3.63) is 93.9 Å². The minimum absolute atomic E-state index is 0.189. The molecule has 1 fully saturated rings. The van der Waals surface area contributed by atoms with E-state index in [1.807, 2.05) is 69.3 Å². The molecule has 0 aliphatic carbocycles. The lowest BCUT2D eigenvalue weighted by Crippen LogP contribution is -2.27. The topological polar surface area (TPSA) is 84.9 Å². The van der Waals surface area contributed by atoms with Gasteiger partial charge < -0.3 is 14.8 Å². The molecule has 0 aromatic heterocycles. The minimum atomic E-state index is -0.332. The van der Waals surface area contributed by atoms with E-state index in [0.29, 0.717) is 28.6 Å². The number of anilines is 1.